The van der Waals surface area contributed by atoms with Gasteiger partial charge in [-0.2, -0.15) is 0 Å². The number of aliphatic hydroxyl groups is 2. The minimum Gasteiger partial charge on any atom is -0.458 e. The monoisotopic (exact) mass is 522 g/mol. The summed E-state index contributed by atoms with van der Waals surface area (Å²) in [5.41, 5.74) is 5.74. The first-order valence-corrected chi connectivity index (χ1v) is 13.8. The number of aromatic nitrogens is 1. The van der Waals surface area contributed by atoms with Crippen LogP contribution in [0.15, 0.2) is 11.0 Å². The third kappa shape index (κ3) is 6.61. The third-order valence-corrected chi connectivity index (χ3v) is 8.92. The number of carbonyl (C=O) groups is 2. The third-order valence-electron chi connectivity index (χ3n) is 8.03. The van der Waals surface area contributed by atoms with Gasteiger partial charge in [0.25, 0.3) is 0 Å². The van der Waals surface area contributed by atoms with E-state index in [2.05, 4.69) is 11.9 Å². The zero-order chi connectivity index (χ0) is 26.8. The molecule has 9 heteroatoms. The number of esters is 1. The quantitative estimate of drug-likeness (QED) is 0.405. The number of nitrogens with two attached hydrogens (primary N) is 1. The number of rotatable bonds is 3. The number of ether oxygens (including phenoxy) is 2. The van der Waals surface area contributed by atoms with Gasteiger partial charge in [-0.15, -0.1) is 11.3 Å². The van der Waals surface area contributed by atoms with Crippen LogP contribution in [-0.4, -0.2) is 57.0 Å². The molecular formula is C27H42N2O6S. The average molecular weight is 523 g/mol. The molecule has 1 aromatic rings. The molecule has 2 aliphatic rings. The number of epoxide rings is 1. The number of nitrogens with zero attached hydrogens (tertiary/aromatic N) is 1. The van der Waals surface area contributed by atoms with Gasteiger partial charge in [0, 0.05) is 24.3 Å². The minimum atomic E-state index is -1.24. The summed E-state index contributed by atoms with van der Waals surface area (Å²) in [4.78, 5) is 30.7. The highest BCUT2D eigenvalue weighted by Gasteiger charge is 2.53. The van der Waals surface area contributed by atoms with Gasteiger partial charge >= 0.3 is 5.97 Å². The van der Waals surface area contributed by atoms with Gasteiger partial charge in [0.05, 0.1) is 41.4 Å². The van der Waals surface area contributed by atoms with Crippen molar-refractivity contribution in [1.29, 1.82) is 0 Å². The maximum Gasteiger partial charge on any atom is 0.309 e. The maximum absolute atomic E-state index is 13.2. The summed E-state index contributed by atoms with van der Waals surface area (Å²) in [5, 5.41) is 24.5. The van der Waals surface area contributed by atoms with Crippen LogP contribution in [-0.2, 0) is 25.6 Å². The second-order valence-electron chi connectivity index (χ2n) is 11.3. The molecule has 7 atom stereocenters. The van der Waals surface area contributed by atoms with Gasteiger partial charge in [0.2, 0.25) is 0 Å². The Balaban J connectivity index is 1.85. The van der Waals surface area contributed by atoms with Crippen molar-refractivity contribution in [2.45, 2.75) is 110 Å². The smallest absolute Gasteiger partial charge is 0.309 e. The normalized spacial score (nSPS) is 36.8. The summed E-state index contributed by atoms with van der Waals surface area (Å²) < 4.78 is 11.9. The van der Waals surface area contributed by atoms with Crippen molar-refractivity contribution in [3.8, 4) is 0 Å². The van der Waals surface area contributed by atoms with Gasteiger partial charge in [-0.1, -0.05) is 34.1 Å². The standard InChI is InChI=1S/C27H42N2O6S/c1-15-8-7-9-27(6)21(35-27)11-19(16(2)10-18-14-36-22(13-28)29-18)34-23(31)12-20(30)26(4,5)25(33)17(3)24(15)32/h10,14-15,17,19-21,24,30,32H,7-9,11-13,28H2,1-6H3/t15?,17?,19?,20?,21?,24?,27-/m1/s1. The van der Waals surface area contributed by atoms with Crippen LogP contribution >= 0.6 is 11.3 Å². The lowest BCUT2D eigenvalue weighted by molar-refractivity contribution is -0.154. The number of carbonyl (C=O) groups excluding carboxylic acids is 2. The predicted molar refractivity (Wildman–Crippen MR) is 139 cm³/mol. The van der Waals surface area contributed by atoms with E-state index in [1.807, 2.05) is 25.3 Å². The zero-order valence-corrected chi connectivity index (χ0v) is 23.1. The molecule has 0 aromatic carbocycles. The summed E-state index contributed by atoms with van der Waals surface area (Å²) in [6.07, 6.45) is 1.80. The minimum absolute atomic E-state index is 0.0660. The number of aliphatic hydroxyl groups excluding tert-OH is 2. The fourth-order valence-corrected chi connectivity index (χ4v) is 5.74. The Morgan fingerprint density at radius 3 is 2.61 bits per heavy atom. The first-order chi connectivity index (χ1) is 16.8. The highest BCUT2D eigenvalue weighted by Crippen LogP contribution is 2.45. The van der Waals surface area contributed by atoms with Crippen molar-refractivity contribution in [1.82, 2.24) is 4.98 Å². The van der Waals surface area contributed by atoms with Crippen LogP contribution < -0.4 is 5.73 Å². The van der Waals surface area contributed by atoms with E-state index < -0.39 is 35.6 Å². The summed E-state index contributed by atoms with van der Waals surface area (Å²) in [7, 11) is 0. The van der Waals surface area contributed by atoms with Crippen LogP contribution in [0.1, 0.15) is 84.3 Å². The number of hydrogen-bond donors (Lipinski definition) is 3. The first kappa shape index (κ1) is 28.9. The predicted octanol–water partition coefficient (Wildman–Crippen LogP) is 3.63. The second-order valence-corrected chi connectivity index (χ2v) is 12.3. The molecule has 0 amide bonds. The Morgan fingerprint density at radius 1 is 1.28 bits per heavy atom. The maximum atomic E-state index is 13.2. The lowest BCUT2D eigenvalue weighted by Crippen LogP contribution is -2.45. The molecule has 2 aliphatic heterocycles. The number of fused-ring (bicyclic) bond motifs is 1. The van der Waals surface area contributed by atoms with Crippen molar-refractivity contribution in [3.63, 3.8) is 0 Å². The van der Waals surface area contributed by atoms with Gasteiger partial charge in [-0.25, -0.2) is 4.98 Å². The lowest BCUT2D eigenvalue weighted by Gasteiger charge is -2.34. The molecule has 2 saturated heterocycles. The second kappa shape index (κ2) is 11.4. The van der Waals surface area contributed by atoms with Gasteiger partial charge < -0.3 is 25.4 Å². The zero-order valence-electron chi connectivity index (χ0n) is 22.3. The van der Waals surface area contributed by atoms with E-state index in [4.69, 9.17) is 15.2 Å². The van der Waals surface area contributed by atoms with Gasteiger partial charge in [-0.05, 0) is 44.3 Å². The molecule has 36 heavy (non-hydrogen) atoms. The highest BCUT2D eigenvalue weighted by molar-refractivity contribution is 7.09. The van der Waals surface area contributed by atoms with Crippen LogP contribution in [0.25, 0.3) is 6.08 Å². The number of hydrogen-bond acceptors (Lipinski definition) is 9. The molecule has 2 fully saturated rings. The fourth-order valence-electron chi connectivity index (χ4n) is 5.11. The molecule has 8 nitrogen and oxygen atoms in total. The number of cyclic esters (lactones) is 1. The Bertz CT molecular complexity index is 975. The fraction of sp³-hybridized carbons (Fsp3) is 0.741. The van der Waals surface area contributed by atoms with Gasteiger partial charge in [-0.3, -0.25) is 9.59 Å². The average Bonchev–Trinajstić information content (AvgIpc) is 3.23. The highest BCUT2D eigenvalue weighted by atomic mass is 32.1. The Morgan fingerprint density at radius 2 is 1.97 bits per heavy atom. The molecule has 0 aliphatic carbocycles. The summed E-state index contributed by atoms with van der Waals surface area (Å²) in [6.45, 7) is 11.2. The van der Waals surface area contributed by atoms with Crippen LogP contribution in [0.3, 0.4) is 0 Å². The number of ketones is 1. The van der Waals surface area contributed by atoms with Crippen LogP contribution in [0.4, 0.5) is 0 Å². The van der Waals surface area contributed by atoms with Crippen molar-refractivity contribution >= 4 is 29.2 Å². The van der Waals surface area contributed by atoms with E-state index in [0.717, 1.165) is 35.5 Å². The van der Waals surface area contributed by atoms with Crippen molar-refractivity contribution in [2.75, 3.05) is 0 Å². The molecule has 0 bridgehead atoms. The molecule has 0 saturated carbocycles. The van der Waals surface area contributed by atoms with E-state index in [1.54, 1.807) is 20.8 Å². The van der Waals surface area contributed by atoms with Crippen molar-refractivity contribution in [2.24, 2.45) is 23.0 Å². The number of thiazole rings is 1. The Hall–Kier alpha value is -1.65. The van der Waals surface area contributed by atoms with E-state index in [1.165, 1.54) is 11.3 Å². The van der Waals surface area contributed by atoms with Crippen molar-refractivity contribution < 1.29 is 29.3 Å². The largest absolute Gasteiger partial charge is 0.458 e. The van der Waals surface area contributed by atoms with Crippen LogP contribution in [0.2, 0.25) is 0 Å². The summed E-state index contributed by atoms with van der Waals surface area (Å²) >= 11 is 1.48. The molecule has 202 valence electrons. The molecule has 6 unspecified atom stereocenters. The molecule has 3 rings (SSSR count). The SMILES string of the molecule is CC(=Cc1csc(CN)n1)C1CC2O[C@]2(C)CCCC(C)C(O)C(C)C(=O)C(C)(C)C(O)CC(=O)O1. The first-order valence-electron chi connectivity index (χ1n) is 12.9. The van der Waals surface area contributed by atoms with Crippen LogP contribution in [0.5, 0.6) is 0 Å². The molecule has 0 spiro atoms. The Labute approximate surface area is 218 Å². The van der Waals surface area contributed by atoms with Gasteiger partial charge in [0.15, 0.2) is 0 Å². The lowest BCUT2D eigenvalue weighted by atomic mass is 9.73. The van der Waals surface area contributed by atoms with E-state index in [0.29, 0.717) is 13.0 Å². The van der Waals surface area contributed by atoms with Crippen LogP contribution in [0, 0.1) is 17.3 Å². The van der Waals surface area contributed by atoms with E-state index in [-0.39, 0.29) is 29.8 Å². The van der Waals surface area contributed by atoms with Gasteiger partial charge in [0.1, 0.15) is 16.9 Å². The van der Waals surface area contributed by atoms with E-state index >= 15 is 0 Å². The molecule has 3 heterocycles. The molecule has 0 radical (unpaired) electrons. The molecule has 4 N–H and O–H groups in total. The van der Waals surface area contributed by atoms with E-state index in [9.17, 15) is 19.8 Å². The topological polar surface area (TPSA) is 135 Å². The van der Waals surface area contributed by atoms with Crippen molar-refractivity contribution in [3.05, 3.63) is 21.7 Å². The number of Topliss-reactive ketones (excluding diaryl/α,β-unsaturated/α-hetero) is 1. The molecular weight excluding hydrogens is 480 g/mol. The molecule has 1 aromatic heterocycles. The summed E-state index contributed by atoms with van der Waals surface area (Å²) in [6, 6.07) is 0. The summed E-state index contributed by atoms with van der Waals surface area (Å²) in [5.74, 6) is -1.59. The Kier molecular flexibility index (Phi) is 9.15.